The van der Waals surface area contributed by atoms with Crippen molar-refractivity contribution in [1.82, 2.24) is 0 Å². The van der Waals surface area contributed by atoms with Gasteiger partial charge in [-0.25, -0.2) is 0 Å². The molecule has 0 radical (unpaired) electrons. The van der Waals surface area contributed by atoms with Gasteiger partial charge < -0.3 is 0 Å². The predicted molar refractivity (Wildman–Crippen MR) is 104 cm³/mol. The molecule has 0 saturated carbocycles. The van der Waals surface area contributed by atoms with Crippen LogP contribution in [-0.2, 0) is 15.7 Å². The molecule has 0 heterocycles. The summed E-state index contributed by atoms with van der Waals surface area (Å²) in [6.07, 6.45) is 5.10. The molecule has 0 aliphatic heterocycles. The SMILES string of the molecule is C=C(C)/C(C)=C\C(=C/C)C(=O)C([S+](CC)CCC)C(C)(C)C. The van der Waals surface area contributed by atoms with Gasteiger partial charge in [0.15, 0.2) is 5.25 Å². The monoisotopic (exact) mass is 323 g/mol. The summed E-state index contributed by atoms with van der Waals surface area (Å²) in [7, 11) is 0.141. The lowest BCUT2D eigenvalue weighted by Crippen LogP contribution is -2.44. The highest BCUT2D eigenvalue weighted by atomic mass is 32.2. The molecule has 0 aromatic rings. The molecule has 0 N–H and O–H groups in total. The number of carbonyl (C=O) groups is 1. The zero-order valence-corrected chi connectivity index (χ0v) is 16.7. The quantitative estimate of drug-likeness (QED) is 0.328. The number of allylic oxidation sites excluding steroid dienone is 5. The van der Waals surface area contributed by atoms with Crippen LogP contribution < -0.4 is 0 Å². The second-order valence-corrected chi connectivity index (χ2v) is 9.52. The number of ketones is 1. The van der Waals surface area contributed by atoms with E-state index in [0.717, 1.165) is 34.6 Å². The van der Waals surface area contributed by atoms with Crippen molar-refractivity contribution in [3.8, 4) is 0 Å². The molecule has 2 atom stereocenters. The Hall–Kier alpha value is -0.760. The summed E-state index contributed by atoms with van der Waals surface area (Å²) in [6, 6.07) is 0. The lowest BCUT2D eigenvalue weighted by Gasteiger charge is -2.29. The van der Waals surface area contributed by atoms with E-state index in [9.17, 15) is 4.79 Å². The smallest absolute Gasteiger partial charge is 0.215 e. The van der Waals surface area contributed by atoms with Crippen molar-refractivity contribution >= 4 is 16.7 Å². The molecule has 0 saturated heterocycles. The van der Waals surface area contributed by atoms with E-state index in [0.29, 0.717) is 5.78 Å². The maximum atomic E-state index is 13.2. The Balaban J connectivity index is 5.70. The maximum Gasteiger partial charge on any atom is 0.215 e. The van der Waals surface area contributed by atoms with Crippen LogP contribution in [0.15, 0.2) is 35.5 Å². The van der Waals surface area contributed by atoms with Crippen LogP contribution in [0.2, 0.25) is 0 Å². The lowest BCUT2D eigenvalue weighted by atomic mass is 9.86. The van der Waals surface area contributed by atoms with Gasteiger partial charge in [-0.3, -0.25) is 4.79 Å². The molecule has 0 amide bonds. The Morgan fingerprint density at radius 2 is 1.77 bits per heavy atom. The summed E-state index contributed by atoms with van der Waals surface area (Å²) in [6.45, 7) is 21.0. The van der Waals surface area contributed by atoms with Gasteiger partial charge in [0.1, 0.15) is 11.5 Å². The van der Waals surface area contributed by atoms with Crippen LogP contribution >= 0.6 is 0 Å². The first-order chi connectivity index (χ1) is 10.1. The Morgan fingerprint density at radius 1 is 1.23 bits per heavy atom. The van der Waals surface area contributed by atoms with Crippen molar-refractivity contribution in [2.75, 3.05) is 11.5 Å². The molecule has 0 fully saturated rings. The molecule has 0 aromatic carbocycles. The molecule has 22 heavy (non-hydrogen) atoms. The summed E-state index contributed by atoms with van der Waals surface area (Å²) >= 11 is 0. The minimum absolute atomic E-state index is 0.00932. The van der Waals surface area contributed by atoms with Crippen LogP contribution in [-0.4, -0.2) is 22.5 Å². The highest BCUT2D eigenvalue weighted by Gasteiger charge is 2.44. The summed E-state index contributed by atoms with van der Waals surface area (Å²) in [5.74, 6) is 2.53. The van der Waals surface area contributed by atoms with E-state index in [4.69, 9.17) is 0 Å². The summed E-state index contributed by atoms with van der Waals surface area (Å²) < 4.78 is 0. The van der Waals surface area contributed by atoms with Gasteiger partial charge in [0, 0.05) is 11.0 Å². The van der Waals surface area contributed by atoms with Crippen molar-refractivity contribution in [1.29, 1.82) is 0 Å². The van der Waals surface area contributed by atoms with Crippen molar-refractivity contribution in [2.45, 2.75) is 67.1 Å². The first-order valence-corrected chi connectivity index (χ1v) is 9.93. The maximum absolute atomic E-state index is 13.2. The molecule has 2 unspecified atom stereocenters. The predicted octanol–water partition coefficient (Wildman–Crippen LogP) is 5.49. The Labute approximate surface area is 141 Å². The van der Waals surface area contributed by atoms with Crippen LogP contribution in [0.3, 0.4) is 0 Å². The second-order valence-electron chi connectivity index (χ2n) is 6.99. The molecule has 0 spiro atoms. The second kappa shape index (κ2) is 9.39. The van der Waals surface area contributed by atoms with Crippen LogP contribution in [0.4, 0.5) is 0 Å². The number of rotatable bonds is 8. The number of hydrogen-bond donors (Lipinski definition) is 0. The minimum Gasteiger partial charge on any atom is -0.288 e. The topological polar surface area (TPSA) is 17.1 Å². The molecular weight excluding hydrogens is 288 g/mol. The average Bonchev–Trinajstić information content (AvgIpc) is 2.41. The van der Waals surface area contributed by atoms with Crippen LogP contribution in [0, 0.1) is 5.41 Å². The van der Waals surface area contributed by atoms with Gasteiger partial charge in [-0.1, -0.05) is 45.9 Å². The highest BCUT2D eigenvalue weighted by molar-refractivity contribution is 7.98. The van der Waals surface area contributed by atoms with Gasteiger partial charge in [-0.05, 0) is 56.7 Å². The van der Waals surface area contributed by atoms with E-state index >= 15 is 0 Å². The van der Waals surface area contributed by atoms with E-state index in [1.54, 1.807) is 0 Å². The number of hydrogen-bond acceptors (Lipinski definition) is 1. The number of carbonyl (C=O) groups excluding carboxylic acids is 1. The third-order valence-electron chi connectivity index (χ3n) is 3.84. The molecular formula is C20H35OS+. The molecule has 0 bridgehead atoms. The average molecular weight is 324 g/mol. The normalized spacial score (nSPS) is 16.4. The van der Waals surface area contributed by atoms with Crippen LogP contribution in [0.5, 0.6) is 0 Å². The third-order valence-corrected chi connectivity index (χ3v) is 7.10. The Morgan fingerprint density at radius 3 is 2.09 bits per heavy atom. The summed E-state index contributed by atoms with van der Waals surface area (Å²) in [4.78, 5) is 13.2. The lowest BCUT2D eigenvalue weighted by molar-refractivity contribution is -0.116. The Bertz CT molecular complexity index is 449. The minimum atomic E-state index is -0.00932. The molecule has 126 valence electrons. The largest absolute Gasteiger partial charge is 0.288 e. The van der Waals surface area contributed by atoms with Gasteiger partial charge >= 0.3 is 0 Å². The highest BCUT2D eigenvalue weighted by Crippen LogP contribution is 2.31. The fourth-order valence-electron chi connectivity index (χ4n) is 2.54. The van der Waals surface area contributed by atoms with Crippen molar-refractivity contribution in [3.63, 3.8) is 0 Å². The van der Waals surface area contributed by atoms with Gasteiger partial charge in [-0.2, -0.15) is 0 Å². The summed E-state index contributed by atoms with van der Waals surface area (Å²) in [5.41, 5.74) is 2.93. The first-order valence-electron chi connectivity index (χ1n) is 8.31. The van der Waals surface area contributed by atoms with Gasteiger partial charge in [0.05, 0.1) is 0 Å². The van der Waals surface area contributed by atoms with E-state index in [1.807, 2.05) is 32.9 Å². The molecule has 0 aromatic heterocycles. The van der Waals surface area contributed by atoms with Crippen molar-refractivity contribution in [3.05, 3.63) is 35.5 Å². The Kier molecular flexibility index (Phi) is 9.07. The van der Waals surface area contributed by atoms with Crippen molar-refractivity contribution in [2.24, 2.45) is 5.41 Å². The summed E-state index contributed by atoms with van der Waals surface area (Å²) in [5, 5.41) is 0.0952. The van der Waals surface area contributed by atoms with Gasteiger partial charge in [-0.15, -0.1) is 0 Å². The number of Topliss-reactive ketones (excluding diaryl/α,β-unsaturated/α-hetero) is 1. The zero-order chi connectivity index (χ0) is 17.5. The zero-order valence-electron chi connectivity index (χ0n) is 15.9. The van der Waals surface area contributed by atoms with Crippen molar-refractivity contribution < 1.29 is 4.79 Å². The third kappa shape index (κ3) is 6.16. The molecule has 2 heteroatoms. The van der Waals surface area contributed by atoms with Crippen LogP contribution in [0.1, 0.15) is 61.8 Å². The standard InChI is InChI=1S/C20H35OS/c1-10-13-22(12-3)19(20(7,8)9)18(21)17(11-2)14-16(6)15(4)5/h11,14,19H,4,10,12-13H2,1-3,5-9H3/q+1/b16-14-,17-11+. The molecule has 0 rings (SSSR count). The van der Waals surface area contributed by atoms with Crippen LogP contribution in [0.25, 0.3) is 0 Å². The van der Waals surface area contributed by atoms with Gasteiger partial charge in [0.25, 0.3) is 0 Å². The van der Waals surface area contributed by atoms with Gasteiger partial charge in [0.2, 0.25) is 5.78 Å². The van der Waals surface area contributed by atoms with E-state index in [-0.39, 0.29) is 21.6 Å². The fraction of sp³-hybridized carbons (Fsp3) is 0.650. The fourth-order valence-corrected chi connectivity index (χ4v) is 5.36. The molecule has 0 aliphatic carbocycles. The molecule has 1 nitrogen and oxygen atoms in total. The first kappa shape index (κ1) is 21.2. The molecule has 0 aliphatic rings. The van der Waals surface area contributed by atoms with E-state index in [1.165, 1.54) is 0 Å². The van der Waals surface area contributed by atoms with E-state index < -0.39 is 0 Å². The van der Waals surface area contributed by atoms with E-state index in [2.05, 4.69) is 41.2 Å².